The molecule has 4 atom stereocenters. The molecule has 0 spiro atoms. The number of aliphatic carboxylic acids is 1. The molecule has 7 N–H and O–H groups in total. The molecular weight excluding hydrogens is 554 g/mol. The van der Waals surface area contributed by atoms with Gasteiger partial charge >= 0.3 is 5.97 Å². The van der Waals surface area contributed by atoms with Crippen LogP contribution in [0.4, 0.5) is 0 Å². The monoisotopic (exact) mass is 595 g/mol. The second-order valence-corrected chi connectivity index (χ2v) is 11.8. The molecule has 2 aromatic carbocycles. The molecule has 0 radical (unpaired) electrons. The van der Waals surface area contributed by atoms with E-state index < -0.39 is 47.9 Å². The highest BCUT2D eigenvalue weighted by Crippen LogP contribution is 2.19. The number of carboxylic acids is 1. The summed E-state index contributed by atoms with van der Waals surface area (Å²) < 4.78 is 0. The first-order valence-corrected chi connectivity index (χ1v) is 15.5. The third-order valence-electron chi connectivity index (χ3n) is 6.94. The lowest BCUT2D eigenvalue weighted by molar-refractivity contribution is -0.142. The Morgan fingerprint density at radius 1 is 0.857 bits per heavy atom. The normalized spacial score (nSPS) is 14.1. The van der Waals surface area contributed by atoms with Crippen molar-refractivity contribution in [2.75, 3.05) is 12.0 Å². The minimum atomic E-state index is -1.23. The van der Waals surface area contributed by atoms with Crippen LogP contribution in [-0.4, -0.2) is 70.0 Å². The van der Waals surface area contributed by atoms with Crippen molar-refractivity contribution in [3.8, 4) is 0 Å². The molecule has 0 fully saturated rings. The molecule has 0 bridgehead atoms. The van der Waals surface area contributed by atoms with Crippen molar-refractivity contribution in [2.24, 2.45) is 11.7 Å². The number of carbonyl (C=O) groups excluding carboxylic acids is 3. The lowest BCUT2D eigenvalue weighted by Crippen LogP contribution is -2.58. The van der Waals surface area contributed by atoms with Crippen LogP contribution in [0.5, 0.6) is 0 Å². The molecule has 3 rings (SSSR count). The van der Waals surface area contributed by atoms with Gasteiger partial charge in [-0.2, -0.15) is 11.8 Å². The lowest BCUT2D eigenvalue weighted by atomic mass is 10.00. The van der Waals surface area contributed by atoms with E-state index in [0.717, 1.165) is 22.0 Å². The van der Waals surface area contributed by atoms with Gasteiger partial charge in [0.25, 0.3) is 0 Å². The number of benzene rings is 2. The first kappa shape index (κ1) is 32.7. The Hall–Kier alpha value is -3.83. The SMILES string of the molecule is CSCCC(N)C(=O)NC(CC(C)C)C(=O)NC(Cc1ccccc1)C(=O)NC(Cc1c[nH]c2ccccc12)C(=O)O. The van der Waals surface area contributed by atoms with Crippen LogP contribution in [0.1, 0.15) is 37.8 Å². The minimum absolute atomic E-state index is 0.0526. The standard InChI is InChI=1S/C31H41N5O5S/c1-19(2)15-25(34-28(37)23(32)13-14-42-3)29(38)35-26(16-20-9-5-4-6-10-20)30(39)36-27(31(40)41)17-21-18-33-24-12-8-7-11-22(21)24/h4-12,18-19,23,25-27,33H,13-17,32H2,1-3H3,(H,34,37)(H,35,38)(H,36,39)(H,40,41). The van der Waals surface area contributed by atoms with Crippen molar-refractivity contribution in [3.63, 3.8) is 0 Å². The maximum absolute atomic E-state index is 13.6. The Kier molecular flexibility index (Phi) is 12.4. The fourth-order valence-corrected chi connectivity index (χ4v) is 5.17. The number of thioether (sulfide) groups is 1. The summed E-state index contributed by atoms with van der Waals surface area (Å²) >= 11 is 1.58. The summed E-state index contributed by atoms with van der Waals surface area (Å²) in [5.74, 6) is -2.02. The zero-order chi connectivity index (χ0) is 30.6. The number of para-hydroxylation sites is 1. The van der Waals surface area contributed by atoms with Crippen LogP contribution in [0.3, 0.4) is 0 Å². The minimum Gasteiger partial charge on any atom is -0.480 e. The Balaban J connectivity index is 1.80. The van der Waals surface area contributed by atoms with Crippen molar-refractivity contribution in [2.45, 2.75) is 63.7 Å². The number of hydrogen-bond acceptors (Lipinski definition) is 6. The number of hydrogen-bond donors (Lipinski definition) is 6. The summed E-state index contributed by atoms with van der Waals surface area (Å²) in [6, 6.07) is 12.7. The molecule has 0 saturated carbocycles. The number of rotatable bonds is 16. The summed E-state index contributed by atoms with van der Waals surface area (Å²) in [7, 11) is 0. The fraction of sp³-hybridized carbons (Fsp3) is 0.419. The van der Waals surface area contributed by atoms with Gasteiger partial charge in [0.05, 0.1) is 6.04 Å². The lowest BCUT2D eigenvalue weighted by Gasteiger charge is -2.26. The first-order chi connectivity index (χ1) is 20.1. The second kappa shape index (κ2) is 16.0. The molecule has 0 aliphatic rings. The number of fused-ring (bicyclic) bond motifs is 1. The Morgan fingerprint density at radius 3 is 2.14 bits per heavy atom. The van der Waals surface area contributed by atoms with Crippen LogP contribution in [0.15, 0.2) is 60.8 Å². The molecule has 4 unspecified atom stereocenters. The average Bonchev–Trinajstić information content (AvgIpc) is 3.37. The van der Waals surface area contributed by atoms with Crippen LogP contribution in [-0.2, 0) is 32.0 Å². The quantitative estimate of drug-likeness (QED) is 0.148. The molecular formula is C31H41N5O5S. The van der Waals surface area contributed by atoms with Gasteiger partial charge in [0.2, 0.25) is 17.7 Å². The number of aromatic amines is 1. The number of amides is 3. The number of nitrogens with one attached hydrogen (secondary N) is 4. The highest BCUT2D eigenvalue weighted by atomic mass is 32.2. The summed E-state index contributed by atoms with van der Waals surface area (Å²) in [4.78, 5) is 55.2. The van der Waals surface area contributed by atoms with E-state index in [-0.39, 0.29) is 18.8 Å². The molecule has 0 saturated heterocycles. The zero-order valence-electron chi connectivity index (χ0n) is 24.3. The van der Waals surface area contributed by atoms with E-state index in [1.807, 2.05) is 74.7 Å². The molecule has 0 aliphatic carbocycles. The van der Waals surface area contributed by atoms with E-state index in [1.54, 1.807) is 18.0 Å². The van der Waals surface area contributed by atoms with Gasteiger partial charge in [0, 0.05) is 29.9 Å². The number of H-pyrrole nitrogens is 1. The molecule has 42 heavy (non-hydrogen) atoms. The van der Waals surface area contributed by atoms with Crippen LogP contribution in [0.2, 0.25) is 0 Å². The Morgan fingerprint density at radius 2 is 1.48 bits per heavy atom. The van der Waals surface area contributed by atoms with Gasteiger partial charge in [-0.3, -0.25) is 14.4 Å². The highest BCUT2D eigenvalue weighted by molar-refractivity contribution is 7.98. The van der Waals surface area contributed by atoms with Crippen molar-refractivity contribution in [3.05, 3.63) is 71.9 Å². The number of carbonyl (C=O) groups is 4. The van der Waals surface area contributed by atoms with E-state index in [0.29, 0.717) is 18.6 Å². The predicted octanol–water partition coefficient (Wildman–Crippen LogP) is 2.62. The fourth-order valence-electron chi connectivity index (χ4n) is 4.68. The van der Waals surface area contributed by atoms with Gasteiger partial charge < -0.3 is 31.8 Å². The van der Waals surface area contributed by atoms with Gasteiger partial charge in [0.1, 0.15) is 18.1 Å². The molecule has 1 aromatic heterocycles. The predicted molar refractivity (Wildman–Crippen MR) is 166 cm³/mol. The second-order valence-electron chi connectivity index (χ2n) is 10.8. The summed E-state index contributed by atoms with van der Waals surface area (Å²) in [6.45, 7) is 3.85. The summed E-state index contributed by atoms with van der Waals surface area (Å²) in [6.07, 6.45) is 4.65. The number of carboxylic acid groups (broad SMARTS) is 1. The van der Waals surface area contributed by atoms with Crippen molar-refractivity contribution < 1.29 is 24.3 Å². The van der Waals surface area contributed by atoms with Crippen LogP contribution >= 0.6 is 11.8 Å². The van der Waals surface area contributed by atoms with Crippen LogP contribution < -0.4 is 21.7 Å². The Labute approximate surface area is 250 Å². The highest BCUT2D eigenvalue weighted by Gasteiger charge is 2.31. The van der Waals surface area contributed by atoms with E-state index in [2.05, 4.69) is 20.9 Å². The van der Waals surface area contributed by atoms with Gasteiger partial charge in [-0.15, -0.1) is 0 Å². The Bertz CT molecular complexity index is 1350. The summed E-state index contributed by atoms with van der Waals surface area (Å²) in [5.41, 5.74) is 8.42. The van der Waals surface area contributed by atoms with Crippen LogP contribution in [0, 0.1) is 5.92 Å². The van der Waals surface area contributed by atoms with E-state index in [4.69, 9.17) is 5.73 Å². The molecule has 3 aromatic rings. The molecule has 3 amide bonds. The van der Waals surface area contributed by atoms with E-state index >= 15 is 0 Å². The third-order valence-corrected chi connectivity index (χ3v) is 7.58. The molecule has 10 nitrogen and oxygen atoms in total. The maximum Gasteiger partial charge on any atom is 0.326 e. The number of nitrogens with two attached hydrogens (primary N) is 1. The van der Waals surface area contributed by atoms with Crippen molar-refractivity contribution >= 4 is 46.4 Å². The molecule has 0 aliphatic heterocycles. The summed E-state index contributed by atoms with van der Waals surface area (Å²) in [5, 5.41) is 19.0. The van der Waals surface area contributed by atoms with E-state index in [1.165, 1.54) is 0 Å². The smallest absolute Gasteiger partial charge is 0.326 e. The molecule has 11 heteroatoms. The van der Waals surface area contributed by atoms with E-state index in [9.17, 15) is 24.3 Å². The van der Waals surface area contributed by atoms with Crippen LogP contribution in [0.25, 0.3) is 10.9 Å². The first-order valence-electron chi connectivity index (χ1n) is 14.1. The number of aromatic nitrogens is 1. The molecule has 1 heterocycles. The van der Waals surface area contributed by atoms with Gasteiger partial charge in [-0.25, -0.2) is 4.79 Å². The van der Waals surface area contributed by atoms with Gasteiger partial charge in [-0.1, -0.05) is 62.4 Å². The largest absolute Gasteiger partial charge is 0.480 e. The third kappa shape index (κ3) is 9.63. The van der Waals surface area contributed by atoms with Gasteiger partial charge in [0.15, 0.2) is 0 Å². The van der Waals surface area contributed by atoms with Gasteiger partial charge in [-0.05, 0) is 48.0 Å². The topological polar surface area (TPSA) is 166 Å². The molecule has 226 valence electrons. The van der Waals surface area contributed by atoms with Crippen molar-refractivity contribution in [1.82, 2.24) is 20.9 Å². The average molecular weight is 596 g/mol. The zero-order valence-corrected chi connectivity index (χ0v) is 25.1. The maximum atomic E-state index is 13.6. The van der Waals surface area contributed by atoms with Crippen molar-refractivity contribution in [1.29, 1.82) is 0 Å².